The van der Waals surface area contributed by atoms with Crippen molar-refractivity contribution in [2.45, 2.75) is 64.4 Å². The standard InChI is InChI=1S/C14H29O8P.2Na/c1-2-3-4-5-6-7-8-9-14(16)22-13(10-20-12-15)11-21-23(17,18)19;;/h13,15H,2-12H2,1H3,(H2,17,18,19);;/q;2*+1/p-2/t13-;;/m0../s1. The van der Waals surface area contributed by atoms with Gasteiger partial charge >= 0.3 is 65.1 Å². The Morgan fingerprint density at radius 1 is 1.04 bits per heavy atom. The van der Waals surface area contributed by atoms with Gasteiger partial charge in [-0.2, -0.15) is 0 Å². The van der Waals surface area contributed by atoms with Gasteiger partial charge in [0.05, 0.1) is 21.0 Å². The third-order valence-electron chi connectivity index (χ3n) is 3.10. The summed E-state index contributed by atoms with van der Waals surface area (Å²) in [5.41, 5.74) is 0. The first kappa shape index (κ1) is 31.2. The average molecular weight is 400 g/mol. The fourth-order valence-corrected chi connectivity index (χ4v) is 2.29. The number of carbonyl (C=O) groups is 1. The van der Waals surface area contributed by atoms with Gasteiger partial charge in [0.25, 0.3) is 0 Å². The van der Waals surface area contributed by atoms with E-state index in [0.717, 1.165) is 19.3 Å². The van der Waals surface area contributed by atoms with Gasteiger partial charge in [0.2, 0.25) is 0 Å². The van der Waals surface area contributed by atoms with Crippen molar-refractivity contribution < 1.29 is 97.4 Å². The van der Waals surface area contributed by atoms with E-state index in [1.807, 2.05) is 0 Å². The van der Waals surface area contributed by atoms with Crippen molar-refractivity contribution in [3.63, 3.8) is 0 Å². The van der Waals surface area contributed by atoms with Crippen molar-refractivity contribution in [1.29, 1.82) is 0 Å². The second-order valence-electron chi connectivity index (χ2n) is 5.23. The van der Waals surface area contributed by atoms with E-state index in [4.69, 9.17) is 9.84 Å². The number of ether oxygens (including phenoxy) is 2. The van der Waals surface area contributed by atoms with Crippen LogP contribution in [-0.2, 0) is 23.4 Å². The molecule has 0 aliphatic rings. The van der Waals surface area contributed by atoms with E-state index in [2.05, 4.69) is 16.2 Å². The summed E-state index contributed by atoms with van der Waals surface area (Å²) in [5, 5.41) is 8.56. The molecule has 138 valence electrons. The molecular weight excluding hydrogens is 373 g/mol. The molecule has 0 unspecified atom stereocenters. The first-order valence-corrected chi connectivity index (χ1v) is 9.39. The largest absolute Gasteiger partial charge is 1.00 e. The number of phosphoric ester groups is 1. The molecule has 0 bridgehead atoms. The van der Waals surface area contributed by atoms with Crippen LogP contribution in [-0.4, -0.2) is 37.2 Å². The van der Waals surface area contributed by atoms with Crippen LogP contribution in [0.15, 0.2) is 0 Å². The van der Waals surface area contributed by atoms with Gasteiger partial charge in [0.1, 0.15) is 12.9 Å². The third-order valence-corrected chi connectivity index (χ3v) is 3.56. The minimum atomic E-state index is -5.14. The number of rotatable bonds is 15. The van der Waals surface area contributed by atoms with Crippen LogP contribution in [0.3, 0.4) is 0 Å². The van der Waals surface area contributed by atoms with E-state index in [1.54, 1.807) is 0 Å². The quantitative estimate of drug-likeness (QED) is 0.0951. The summed E-state index contributed by atoms with van der Waals surface area (Å²) in [5.74, 6) is -0.514. The number of aliphatic hydroxyl groups excluding tert-OH is 1. The number of unbranched alkanes of at least 4 members (excludes halogenated alkanes) is 6. The molecule has 0 amide bonds. The topological polar surface area (TPSA) is 128 Å². The zero-order valence-electron chi connectivity index (χ0n) is 15.6. The van der Waals surface area contributed by atoms with E-state index in [9.17, 15) is 19.1 Å². The van der Waals surface area contributed by atoms with Crippen molar-refractivity contribution in [3.05, 3.63) is 0 Å². The normalized spacial score (nSPS) is 12.0. The predicted molar refractivity (Wildman–Crippen MR) is 79.1 cm³/mol. The molecule has 25 heavy (non-hydrogen) atoms. The Balaban J connectivity index is -0.00000242. The second-order valence-corrected chi connectivity index (χ2v) is 6.38. The summed E-state index contributed by atoms with van der Waals surface area (Å²) < 4.78 is 24.2. The minimum Gasteiger partial charge on any atom is -0.790 e. The van der Waals surface area contributed by atoms with Crippen molar-refractivity contribution in [2.24, 2.45) is 0 Å². The van der Waals surface area contributed by atoms with Crippen LogP contribution < -0.4 is 68.9 Å². The molecule has 1 atom stereocenters. The number of hydrogen-bond acceptors (Lipinski definition) is 8. The van der Waals surface area contributed by atoms with Crippen molar-refractivity contribution in [1.82, 2.24) is 0 Å². The molecule has 11 heteroatoms. The van der Waals surface area contributed by atoms with Gasteiger partial charge in [0, 0.05) is 6.42 Å². The molecule has 0 radical (unpaired) electrons. The van der Waals surface area contributed by atoms with Crippen LogP contribution >= 0.6 is 7.82 Å². The smallest absolute Gasteiger partial charge is 0.790 e. The number of aliphatic hydroxyl groups is 1. The molecule has 0 spiro atoms. The zero-order chi connectivity index (χ0) is 17.6. The van der Waals surface area contributed by atoms with Crippen molar-refractivity contribution >= 4 is 13.8 Å². The molecule has 1 N–H and O–H groups in total. The summed E-state index contributed by atoms with van der Waals surface area (Å²) in [6.07, 6.45) is 6.57. The Hall–Kier alpha value is 1.50. The van der Waals surface area contributed by atoms with Crippen LogP contribution in [0, 0.1) is 0 Å². The van der Waals surface area contributed by atoms with Crippen LogP contribution in [0.1, 0.15) is 58.3 Å². The Labute approximate surface area is 194 Å². The maximum absolute atomic E-state index is 11.7. The molecular formula is C14H27Na2O8P. The maximum Gasteiger partial charge on any atom is 1.00 e. The Morgan fingerprint density at radius 3 is 2.12 bits per heavy atom. The molecule has 0 aliphatic heterocycles. The van der Waals surface area contributed by atoms with E-state index in [1.165, 1.54) is 19.3 Å². The summed E-state index contributed by atoms with van der Waals surface area (Å²) in [6, 6.07) is 0. The molecule has 8 nitrogen and oxygen atoms in total. The number of phosphoric acid groups is 1. The molecule has 0 rings (SSSR count). The SMILES string of the molecule is CCCCCCCCCC(=O)O[C@@H](COCO)COP(=O)([O-])[O-].[Na+].[Na+]. The van der Waals surface area contributed by atoms with E-state index in [0.29, 0.717) is 6.42 Å². The first-order chi connectivity index (χ1) is 10.9. The molecule has 0 aromatic rings. The van der Waals surface area contributed by atoms with E-state index < -0.39 is 33.3 Å². The van der Waals surface area contributed by atoms with Gasteiger partial charge in [-0.1, -0.05) is 45.4 Å². The molecule has 0 saturated carbocycles. The first-order valence-electron chi connectivity index (χ1n) is 7.93. The number of hydrogen-bond donors (Lipinski definition) is 1. The van der Waals surface area contributed by atoms with Crippen molar-refractivity contribution in [2.75, 3.05) is 20.0 Å². The molecule has 0 aromatic carbocycles. The van der Waals surface area contributed by atoms with Gasteiger partial charge in [-0.3, -0.25) is 4.79 Å². The predicted octanol–water partition coefficient (Wildman–Crippen LogP) is -5.14. The molecule has 0 fully saturated rings. The van der Waals surface area contributed by atoms with Gasteiger partial charge in [-0.05, 0) is 6.42 Å². The fourth-order valence-electron chi connectivity index (χ4n) is 1.95. The van der Waals surface area contributed by atoms with Gasteiger partial charge in [0.15, 0.2) is 0 Å². The third kappa shape index (κ3) is 23.5. The summed E-state index contributed by atoms with van der Waals surface area (Å²) >= 11 is 0. The zero-order valence-corrected chi connectivity index (χ0v) is 20.5. The van der Waals surface area contributed by atoms with Crippen LogP contribution in [0.2, 0.25) is 0 Å². The van der Waals surface area contributed by atoms with Gasteiger partial charge in [-0.25, -0.2) is 0 Å². The van der Waals surface area contributed by atoms with Gasteiger partial charge < -0.3 is 33.5 Å². The molecule has 0 heterocycles. The second kappa shape index (κ2) is 20.2. The fraction of sp³-hybridized carbons (Fsp3) is 0.929. The van der Waals surface area contributed by atoms with Crippen LogP contribution in [0.25, 0.3) is 0 Å². The molecule has 0 aliphatic carbocycles. The minimum absolute atomic E-state index is 0. The van der Waals surface area contributed by atoms with E-state index >= 15 is 0 Å². The summed E-state index contributed by atoms with van der Waals surface area (Å²) in [7, 11) is -5.14. The molecule has 0 saturated heterocycles. The van der Waals surface area contributed by atoms with Crippen LogP contribution in [0.5, 0.6) is 0 Å². The Kier molecular flexibility index (Phi) is 25.3. The summed E-state index contributed by atoms with van der Waals surface area (Å²) in [4.78, 5) is 32.5. The van der Waals surface area contributed by atoms with Gasteiger partial charge in [-0.15, -0.1) is 0 Å². The monoisotopic (exact) mass is 400 g/mol. The Bertz CT molecular complexity index is 354. The Morgan fingerprint density at radius 2 is 1.60 bits per heavy atom. The summed E-state index contributed by atoms with van der Waals surface area (Å²) in [6.45, 7) is 0.666. The van der Waals surface area contributed by atoms with E-state index in [-0.39, 0.29) is 72.1 Å². The number of esters is 1. The average Bonchev–Trinajstić information content (AvgIpc) is 2.48. The number of carbonyl (C=O) groups excluding carboxylic acids is 1. The maximum atomic E-state index is 11.7. The molecule has 0 aromatic heterocycles. The van der Waals surface area contributed by atoms with Crippen LogP contribution in [0.4, 0.5) is 0 Å². The van der Waals surface area contributed by atoms with Crippen molar-refractivity contribution in [3.8, 4) is 0 Å².